The van der Waals surface area contributed by atoms with Crippen molar-refractivity contribution < 1.29 is 18.3 Å². The van der Waals surface area contributed by atoms with Gasteiger partial charge in [-0.15, -0.1) is 0 Å². The molecule has 0 unspecified atom stereocenters. The Morgan fingerprint density at radius 1 is 1.16 bits per heavy atom. The van der Waals surface area contributed by atoms with E-state index in [1.807, 2.05) is 0 Å². The molecule has 0 atom stereocenters. The fourth-order valence-corrected chi connectivity index (χ4v) is 3.06. The van der Waals surface area contributed by atoms with E-state index in [-0.39, 0.29) is 16.8 Å². The molecule has 0 spiro atoms. The molecule has 0 aliphatic heterocycles. The van der Waals surface area contributed by atoms with Crippen LogP contribution in [0.15, 0.2) is 30.3 Å². The van der Waals surface area contributed by atoms with Crippen molar-refractivity contribution in [3.63, 3.8) is 0 Å². The molecule has 1 aliphatic rings. The highest BCUT2D eigenvalue weighted by atomic mass is 35.5. The van der Waals surface area contributed by atoms with E-state index in [2.05, 4.69) is 10.3 Å². The second kappa shape index (κ2) is 7.78. The Bertz CT molecular complexity index is 765. The number of pyridine rings is 1. The summed E-state index contributed by atoms with van der Waals surface area (Å²) in [5.41, 5.74) is -0.263. The predicted octanol–water partition coefficient (Wildman–Crippen LogP) is 5.25. The standard InChI is InChI=1S/C18H17ClF2N2O2/c19-13-15(22-11-7-3-1-4-8-11)14(20)17(21)23-16(13)18(24)25-12-9-5-2-6-10-12/h1,3-4,7-8,12H,2,5-6,9-10H2,(H,22,23). The zero-order valence-corrected chi connectivity index (χ0v) is 14.2. The first-order chi connectivity index (χ1) is 12.1. The average Bonchev–Trinajstić information content (AvgIpc) is 2.63. The molecule has 0 radical (unpaired) electrons. The van der Waals surface area contributed by atoms with Gasteiger partial charge in [0, 0.05) is 5.69 Å². The highest BCUT2D eigenvalue weighted by Crippen LogP contribution is 2.32. The van der Waals surface area contributed by atoms with Crippen molar-refractivity contribution in [2.75, 3.05) is 5.32 Å². The van der Waals surface area contributed by atoms with Crippen LogP contribution in [0.2, 0.25) is 5.02 Å². The molecule has 0 amide bonds. The normalized spacial score (nSPS) is 15.0. The summed E-state index contributed by atoms with van der Waals surface area (Å²) >= 11 is 6.12. The number of para-hydroxylation sites is 1. The van der Waals surface area contributed by atoms with Crippen LogP contribution in [-0.4, -0.2) is 17.1 Å². The van der Waals surface area contributed by atoms with Gasteiger partial charge in [-0.2, -0.15) is 8.78 Å². The van der Waals surface area contributed by atoms with Crippen LogP contribution in [0.5, 0.6) is 0 Å². The largest absolute Gasteiger partial charge is 0.458 e. The fraction of sp³-hybridized carbons (Fsp3) is 0.333. The average molecular weight is 367 g/mol. The lowest BCUT2D eigenvalue weighted by Crippen LogP contribution is -2.22. The van der Waals surface area contributed by atoms with Gasteiger partial charge in [0.1, 0.15) is 16.8 Å². The van der Waals surface area contributed by atoms with Crippen molar-refractivity contribution in [2.45, 2.75) is 38.2 Å². The van der Waals surface area contributed by atoms with Crippen molar-refractivity contribution in [3.05, 3.63) is 52.8 Å². The fourth-order valence-electron chi connectivity index (χ4n) is 2.82. The van der Waals surface area contributed by atoms with Gasteiger partial charge >= 0.3 is 5.97 Å². The van der Waals surface area contributed by atoms with Crippen LogP contribution >= 0.6 is 11.6 Å². The Labute approximate surface area is 149 Å². The van der Waals surface area contributed by atoms with Crippen LogP contribution in [0.1, 0.15) is 42.6 Å². The molecule has 1 aliphatic carbocycles. The third kappa shape index (κ3) is 4.07. The number of esters is 1. The number of carbonyl (C=O) groups excluding carboxylic acids is 1. The molecule has 7 heteroatoms. The van der Waals surface area contributed by atoms with Crippen molar-refractivity contribution in [3.8, 4) is 0 Å². The number of nitrogens with zero attached hydrogens (tertiary/aromatic N) is 1. The van der Waals surface area contributed by atoms with Crippen molar-refractivity contribution in [2.24, 2.45) is 0 Å². The van der Waals surface area contributed by atoms with E-state index in [1.54, 1.807) is 30.3 Å². The number of ether oxygens (including phenoxy) is 1. The molecule has 1 fully saturated rings. The molecule has 0 bridgehead atoms. The number of hydrogen-bond donors (Lipinski definition) is 1. The number of carbonyl (C=O) groups is 1. The van der Waals surface area contributed by atoms with Gasteiger partial charge in [-0.05, 0) is 37.8 Å². The summed E-state index contributed by atoms with van der Waals surface area (Å²) in [6, 6.07) is 8.55. The van der Waals surface area contributed by atoms with E-state index in [4.69, 9.17) is 16.3 Å². The van der Waals surface area contributed by atoms with E-state index >= 15 is 0 Å². The summed E-state index contributed by atoms with van der Waals surface area (Å²) in [5, 5.41) is 2.38. The smallest absolute Gasteiger partial charge is 0.358 e. The van der Waals surface area contributed by atoms with E-state index in [9.17, 15) is 13.6 Å². The minimum absolute atomic E-state index is 0.238. The molecule has 4 nitrogen and oxygen atoms in total. The first kappa shape index (κ1) is 17.6. The number of hydrogen-bond acceptors (Lipinski definition) is 4. The van der Waals surface area contributed by atoms with E-state index < -0.39 is 23.4 Å². The quantitative estimate of drug-likeness (QED) is 0.593. The van der Waals surface area contributed by atoms with Gasteiger partial charge in [-0.3, -0.25) is 0 Å². The Kier molecular flexibility index (Phi) is 5.48. The van der Waals surface area contributed by atoms with Crippen LogP contribution < -0.4 is 5.32 Å². The molecule has 1 aromatic carbocycles. The Morgan fingerprint density at radius 2 is 1.84 bits per heavy atom. The lowest BCUT2D eigenvalue weighted by molar-refractivity contribution is 0.0203. The van der Waals surface area contributed by atoms with Crippen molar-refractivity contribution >= 4 is 28.9 Å². The third-order valence-corrected chi connectivity index (χ3v) is 4.47. The number of anilines is 2. The van der Waals surface area contributed by atoms with Gasteiger partial charge in [0.25, 0.3) is 5.95 Å². The maximum absolute atomic E-state index is 14.1. The number of benzene rings is 1. The summed E-state index contributed by atoms with van der Waals surface area (Å²) < 4.78 is 33.3. The molecule has 1 heterocycles. The van der Waals surface area contributed by atoms with Crippen LogP contribution in [-0.2, 0) is 4.74 Å². The van der Waals surface area contributed by atoms with Gasteiger partial charge in [0.2, 0.25) is 5.82 Å². The van der Waals surface area contributed by atoms with E-state index in [0.717, 1.165) is 32.1 Å². The summed E-state index contributed by atoms with van der Waals surface area (Å²) in [7, 11) is 0. The number of aromatic nitrogens is 1. The van der Waals surface area contributed by atoms with Gasteiger partial charge in [0.05, 0.1) is 0 Å². The van der Waals surface area contributed by atoms with Crippen LogP contribution in [0.4, 0.5) is 20.2 Å². The summed E-state index contributed by atoms with van der Waals surface area (Å²) in [4.78, 5) is 15.7. The molecule has 1 aromatic heterocycles. The number of nitrogens with one attached hydrogen (secondary N) is 1. The summed E-state index contributed by atoms with van der Waals surface area (Å²) in [6.07, 6.45) is 4.31. The first-order valence-electron chi connectivity index (χ1n) is 8.14. The summed E-state index contributed by atoms with van der Waals surface area (Å²) in [6.45, 7) is 0. The molecule has 3 rings (SSSR count). The zero-order chi connectivity index (χ0) is 17.8. The van der Waals surface area contributed by atoms with Crippen LogP contribution in [0.25, 0.3) is 0 Å². The lowest BCUT2D eigenvalue weighted by atomic mass is 9.98. The maximum Gasteiger partial charge on any atom is 0.358 e. The Morgan fingerprint density at radius 3 is 2.52 bits per heavy atom. The predicted molar refractivity (Wildman–Crippen MR) is 91.2 cm³/mol. The maximum atomic E-state index is 14.1. The van der Waals surface area contributed by atoms with Gasteiger partial charge in [-0.25, -0.2) is 9.78 Å². The van der Waals surface area contributed by atoms with Gasteiger partial charge in [0.15, 0.2) is 5.69 Å². The van der Waals surface area contributed by atoms with Crippen LogP contribution in [0.3, 0.4) is 0 Å². The molecular formula is C18H17ClF2N2O2. The van der Waals surface area contributed by atoms with Crippen molar-refractivity contribution in [1.82, 2.24) is 4.98 Å². The Balaban J connectivity index is 1.88. The van der Waals surface area contributed by atoms with E-state index in [0.29, 0.717) is 5.69 Å². The van der Waals surface area contributed by atoms with Gasteiger partial charge in [-0.1, -0.05) is 36.2 Å². The second-order valence-corrected chi connectivity index (χ2v) is 6.29. The minimum atomic E-state index is -1.40. The highest BCUT2D eigenvalue weighted by Gasteiger charge is 2.27. The minimum Gasteiger partial charge on any atom is -0.458 e. The molecule has 0 saturated heterocycles. The third-order valence-electron chi connectivity index (χ3n) is 4.10. The van der Waals surface area contributed by atoms with Gasteiger partial charge < -0.3 is 10.1 Å². The summed E-state index contributed by atoms with van der Waals surface area (Å²) in [5.74, 6) is -3.49. The number of rotatable bonds is 4. The molecule has 1 N–H and O–H groups in total. The molecule has 132 valence electrons. The second-order valence-electron chi connectivity index (χ2n) is 5.91. The Hall–Kier alpha value is -2.21. The van der Waals surface area contributed by atoms with E-state index in [1.165, 1.54) is 0 Å². The molecule has 1 saturated carbocycles. The van der Waals surface area contributed by atoms with Crippen molar-refractivity contribution in [1.29, 1.82) is 0 Å². The SMILES string of the molecule is O=C(OC1CCCCC1)c1nc(F)c(F)c(Nc2ccccc2)c1Cl. The first-order valence-corrected chi connectivity index (χ1v) is 8.51. The molecule has 2 aromatic rings. The molecular weight excluding hydrogens is 350 g/mol. The lowest BCUT2D eigenvalue weighted by Gasteiger charge is -2.22. The highest BCUT2D eigenvalue weighted by molar-refractivity contribution is 6.36. The number of halogens is 3. The van der Waals surface area contributed by atoms with Crippen LogP contribution in [0, 0.1) is 11.8 Å². The monoisotopic (exact) mass is 366 g/mol. The molecule has 25 heavy (non-hydrogen) atoms. The topological polar surface area (TPSA) is 51.2 Å². The zero-order valence-electron chi connectivity index (χ0n) is 13.4.